The molecular weight excluding hydrogens is 225 g/mol. The van der Waals surface area contributed by atoms with Crippen LogP contribution in [-0.4, -0.2) is 16.1 Å². The van der Waals surface area contributed by atoms with Crippen LogP contribution in [-0.2, 0) is 6.42 Å². The summed E-state index contributed by atoms with van der Waals surface area (Å²) in [6.07, 6.45) is 0.353. The molecule has 0 aliphatic carbocycles. The number of benzene rings is 1. The molecule has 1 aromatic heterocycles. The molecule has 2 rings (SSSR count). The van der Waals surface area contributed by atoms with Crippen molar-refractivity contribution in [3.8, 4) is 0 Å². The van der Waals surface area contributed by atoms with Crippen LogP contribution in [0, 0.1) is 5.82 Å². The van der Waals surface area contributed by atoms with Crippen molar-refractivity contribution in [2.75, 3.05) is 0 Å². The molecule has 0 saturated carbocycles. The molecule has 5 heteroatoms. The molecule has 1 heterocycles. The number of aromatic carboxylic acids is 1. The van der Waals surface area contributed by atoms with Gasteiger partial charge in [0.25, 0.3) is 5.56 Å². The van der Waals surface area contributed by atoms with Crippen LogP contribution >= 0.6 is 0 Å². The van der Waals surface area contributed by atoms with Crippen LogP contribution in [0.1, 0.15) is 22.8 Å². The Labute approximate surface area is 95.7 Å². The van der Waals surface area contributed by atoms with Crippen molar-refractivity contribution in [3.05, 3.63) is 45.5 Å². The predicted molar refractivity (Wildman–Crippen MR) is 60.9 cm³/mol. The van der Waals surface area contributed by atoms with Crippen molar-refractivity contribution < 1.29 is 14.3 Å². The van der Waals surface area contributed by atoms with Gasteiger partial charge < -0.3 is 10.1 Å². The number of rotatable bonds is 2. The average molecular weight is 235 g/mol. The molecule has 17 heavy (non-hydrogen) atoms. The monoisotopic (exact) mass is 235 g/mol. The van der Waals surface area contributed by atoms with Crippen LogP contribution in [0.25, 0.3) is 10.9 Å². The fourth-order valence-electron chi connectivity index (χ4n) is 1.93. The SMILES string of the molecule is CCc1c(C(=O)O)c(=O)[nH]c2ccc(F)cc12. The molecule has 2 aromatic rings. The van der Waals surface area contributed by atoms with Gasteiger partial charge in [-0.05, 0) is 30.2 Å². The third-order valence-corrected chi connectivity index (χ3v) is 2.65. The van der Waals surface area contributed by atoms with Gasteiger partial charge in [-0.15, -0.1) is 0 Å². The van der Waals surface area contributed by atoms with Crippen LogP contribution in [0.2, 0.25) is 0 Å². The standard InChI is InChI=1S/C12H10FNO3/c1-2-7-8-5-6(13)3-4-9(8)14-11(15)10(7)12(16)17/h3-5H,2H2,1H3,(H,14,15)(H,16,17). The molecule has 0 aliphatic heterocycles. The molecule has 2 N–H and O–H groups in total. The van der Waals surface area contributed by atoms with Crippen LogP contribution in [0.15, 0.2) is 23.0 Å². The molecule has 4 nitrogen and oxygen atoms in total. The average Bonchev–Trinajstić information content (AvgIpc) is 2.27. The Morgan fingerprint density at radius 2 is 2.18 bits per heavy atom. The number of nitrogens with one attached hydrogen (secondary N) is 1. The van der Waals surface area contributed by atoms with Crippen LogP contribution in [0.5, 0.6) is 0 Å². The summed E-state index contributed by atoms with van der Waals surface area (Å²) in [5, 5.41) is 9.43. The zero-order valence-corrected chi connectivity index (χ0v) is 9.08. The molecular formula is C12H10FNO3. The second-order valence-electron chi connectivity index (χ2n) is 3.66. The van der Waals surface area contributed by atoms with Gasteiger partial charge in [0.15, 0.2) is 0 Å². The number of aromatic nitrogens is 1. The van der Waals surface area contributed by atoms with Gasteiger partial charge in [0.05, 0.1) is 0 Å². The zero-order valence-electron chi connectivity index (χ0n) is 9.08. The van der Waals surface area contributed by atoms with Gasteiger partial charge in [0.1, 0.15) is 11.4 Å². The van der Waals surface area contributed by atoms with E-state index < -0.39 is 17.3 Å². The summed E-state index contributed by atoms with van der Waals surface area (Å²) in [5.74, 6) is -1.76. The maximum atomic E-state index is 13.1. The first-order chi connectivity index (χ1) is 8.04. The Morgan fingerprint density at radius 1 is 1.47 bits per heavy atom. The van der Waals surface area contributed by atoms with Crippen molar-refractivity contribution in [2.24, 2.45) is 0 Å². The minimum Gasteiger partial charge on any atom is -0.477 e. The highest BCUT2D eigenvalue weighted by atomic mass is 19.1. The quantitative estimate of drug-likeness (QED) is 0.835. The van der Waals surface area contributed by atoms with E-state index >= 15 is 0 Å². The van der Waals surface area contributed by atoms with Crippen LogP contribution < -0.4 is 5.56 Å². The number of carboxylic acids is 1. The molecule has 0 bridgehead atoms. The highest BCUT2D eigenvalue weighted by molar-refractivity contribution is 5.95. The lowest BCUT2D eigenvalue weighted by atomic mass is 10.0. The summed E-state index contributed by atoms with van der Waals surface area (Å²) < 4.78 is 13.1. The van der Waals surface area contributed by atoms with Gasteiger partial charge >= 0.3 is 5.97 Å². The summed E-state index contributed by atoms with van der Waals surface area (Å²) in [7, 11) is 0. The third-order valence-electron chi connectivity index (χ3n) is 2.65. The number of hydrogen-bond donors (Lipinski definition) is 2. The van der Waals surface area contributed by atoms with Gasteiger partial charge in [-0.3, -0.25) is 4.79 Å². The van der Waals surface area contributed by atoms with E-state index in [1.54, 1.807) is 6.92 Å². The Balaban J connectivity index is 2.97. The van der Waals surface area contributed by atoms with Crippen LogP contribution in [0.4, 0.5) is 4.39 Å². The minimum atomic E-state index is -1.30. The first kappa shape index (κ1) is 11.3. The van der Waals surface area contributed by atoms with Crippen molar-refractivity contribution in [1.82, 2.24) is 4.98 Å². The van der Waals surface area contributed by atoms with Gasteiger partial charge in [-0.1, -0.05) is 6.92 Å². The van der Waals surface area contributed by atoms with E-state index in [9.17, 15) is 14.0 Å². The maximum Gasteiger partial charge on any atom is 0.341 e. The molecule has 88 valence electrons. The molecule has 0 unspecified atom stereocenters. The largest absolute Gasteiger partial charge is 0.477 e. The number of H-pyrrole nitrogens is 1. The lowest BCUT2D eigenvalue weighted by Crippen LogP contribution is -2.20. The molecule has 0 fully saturated rings. The number of pyridine rings is 1. The Morgan fingerprint density at radius 3 is 2.76 bits per heavy atom. The summed E-state index contributed by atoms with van der Waals surface area (Å²) in [4.78, 5) is 25.1. The maximum absolute atomic E-state index is 13.1. The highest BCUT2D eigenvalue weighted by Crippen LogP contribution is 2.20. The van der Waals surface area contributed by atoms with E-state index in [4.69, 9.17) is 5.11 Å². The molecule has 1 aromatic carbocycles. The zero-order chi connectivity index (χ0) is 12.6. The lowest BCUT2D eigenvalue weighted by Gasteiger charge is -2.07. The normalized spacial score (nSPS) is 10.7. The number of hydrogen-bond acceptors (Lipinski definition) is 2. The Hall–Kier alpha value is -2.17. The second kappa shape index (κ2) is 4.01. The summed E-state index contributed by atoms with van der Waals surface area (Å²) in [6.45, 7) is 1.73. The van der Waals surface area contributed by atoms with Crippen molar-refractivity contribution in [1.29, 1.82) is 0 Å². The number of carboxylic acid groups (broad SMARTS) is 1. The fraction of sp³-hybridized carbons (Fsp3) is 0.167. The van der Waals surface area contributed by atoms with Crippen molar-refractivity contribution >= 4 is 16.9 Å². The molecule has 0 spiro atoms. The number of aryl methyl sites for hydroxylation is 1. The number of aromatic amines is 1. The number of fused-ring (bicyclic) bond motifs is 1. The smallest absolute Gasteiger partial charge is 0.341 e. The van der Waals surface area contributed by atoms with E-state index in [0.717, 1.165) is 0 Å². The van der Waals surface area contributed by atoms with Gasteiger partial charge in [0, 0.05) is 10.9 Å². The first-order valence-electron chi connectivity index (χ1n) is 5.12. The predicted octanol–water partition coefficient (Wildman–Crippen LogP) is 1.93. The van der Waals surface area contributed by atoms with E-state index in [1.165, 1.54) is 18.2 Å². The summed E-state index contributed by atoms with van der Waals surface area (Å²) >= 11 is 0. The van der Waals surface area contributed by atoms with E-state index in [2.05, 4.69) is 4.98 Å². The van der Waals surface area contributed by atoms with E-state index in [-0.39, 0.29) is 5.56 Å². The van der Waals surface area contributed by atoms with E-state index in [1.807, 2.05) is 0 Å². The van der Waals surface area contributed by atoms with Gasteiger partial charge in [0.2, 0.25) is 0 Å². The second-order valence-corrected chi connectivity index (χ2v) is 3.66. The molecule has 0 saturated heterocycles. The topological polar surface area (TPSA) is 70.2 Å². The third kappa shape index (κ3) is 1.80. The number of halogens is 1. The minimum absolute atomic E-state index is 0.314. The lowest BCUT2D eigenvalue weighted by molar-refractivity contribution is 0.0694. The van der Waals surface area contributed by atoms with Crippen molar-refractivity contribution in [2.45, 2.75) is 13.3 Å². The number of carbonyl (C=O) groups is 1. The molecule has 0 aliphatic rings. The fourth-order valence-corrected chi connectivity index (χ4v) is 1.93. The van der Waals surface area contributed by atoms with Gasteiger partial charge in [-0.25, -0.2) is 9.18 Å². The van der Waals surface area contributed by atoms with Gasteiger partial charge in [-0.2, -0.15) is 0 Å². The molecule has 0 amide bonds. The first-order valence-corrected chi connectivity index (χ1v) is 5.12. The highest BCUT2D eigenvalue weighted by Gasteiger charge is 2.17. The Bertz CT molecular complexity index is 661. The molecule has 0 radical (unpaired) electrons. The van der Waals surface area contributed by atoms with Crippen molar-refractivity contribution in [3.63, 3.8) is 0 Å². The summed E-state index contributed by atoms with van der Waals surface area (Å²) in [6, 6.07) is 3.88. The summed E-state index contributed by atoms with van der Waals surface area (Å²) in [5.41, 5.74) is -0.173. The van der Waals surface area contributed by atoms with E-state index in [0.29, 0.717) is 22.9 Å². The van der Waals surface area contributed by atoms with Crippen LogP contribution in [0.3, 0.4) is 0 Å². The Kier molecular flexibility index (Phi) is 2.67. The molecule has 0 atom stereocenters.